The van der Waals surface area contributed by atoms with Crippen molar-refractivity contribution in [2.45, 2.75) is 57.1 Å². The van der Waals surface area contributed by atoms with Crippen molar-refractivity contribution in [3.05, 3.63) is 24.3 Å². The maximum atomic E-state index is 12.2. The predicted octanol–water partition coefficient (Wildman–Crippen LogP) is 2.51. The first-order valence-electron chi connectivity index (χ1n) is 9.27. The Labute approximate surface area is 144 Å². The smallest absolute Gasteiger partial charge is 0.239 e. The molecule has 1 saturated carbocycles. The summed E-state index contributed by atoms with van der Waals surface area (Å²) in [6.45, 7) is 2.02. The third-order valence-corrected chi connectivity index (χ3v) is 5.12. The Bertz CT molecular complexity index is 535. The molecule has 0 unspecified atom stereocenters. The van der Waals surface area contributed by atoms with E-state index >= 15 is 0 Å². The predicted molar refractivity (Wildman–Crippen MR) is 97.4 cm³/mol. The average molecular weight is 331 g/mol. The number of nitrogens with zero attached hydrogens (tertiary/aromatic N) is 1. The summed E-state index contributed by atoms with van der Waals surface area (Å²) in [6, 6.07) is 8.47. The number of anilines is 2. The lowest BCUT2D eigenvalue weighted by molar-refractivity contribution is -0.120. The van der Waals surface area contributed by atoms with Crippen LogP contribution >= 0.6 is 0 Å². The van der Waals surface area contributed by atoms with Gasteiger partial charge in [0.1, 0.15) is 0 Å². The van der Waals surface area contributed by atoms with Gasteiger partial charge in [-0.1, -0.05) is 31.4 Å². The van der Waals surface area contributed by atoms with Crippen molar-refractivity contribution in [2.24, 2.45) is 0 Å². The Kier molecular flexibility index (Phi) is 5.96. The first kappa shape index (κ1) is 17.1. The van der Waals surface area contributed by atoms with Gasteiger partial charge in [0.2, 0.25) is 5.91 Å². The number of aliphatic hydroxyl groups excluding tert-OH is 1. The second kappa shape index (κ2) is 8.38. The Hall–Kier alpha value is -1.75. The van der Waals surface area contributed by atoms with Crippen LogP contribution in [0.25, 0.3) is 0 Å². The van der Waals surface area contributed by atoms with Crippen LogP contribution in [-0.4, -0.2) is 42.8 Å². The quantitative estimate of drug-likeness (QED) is 0.776. The molecule has 1 amide bonds. The Morgan fingerprint density at radius 1 is 1.08 bits per heavy atom. The number of hydrogen-bond donors (Lipinski definition) is 3. The zero-order chi connectivity index (χ0) is 16.8. The summed E-state index contributed by atoms with van der Waals surface area (Å²) in [7, 11) is 0. The van der Waals surface area contributed by atoms with Gasteiger partial charge in [-0.15, -0.1) is 0 Å². The zero-order valence-electron chi connectivity index (χ0n) is 14.3. The van der Waals surface area contributed by atoms with E-state index in [4.69, 9.17) is 0 Å². The number of amides is 1. The Balaban J connectivity index is 1.54. The van der Waals surface area contributed by atoms with Crippen LogP contribution < -0.4 is 15.5 Å². The molecule has 1 aromatic carbocycles. The normalized spacial score (nSPS) is 20.0. The molecule has 0 bridgehead atoms. The summed E-state index contributed by atoms with van der Waals surface area (Å²) >= 11 is 0. The van der Waals surface area contributed by atoms with Crippen LogP contribution in [0.1, 0.15) is 44.9 Å². The maximum absolute atomic E-state index is 12.2. The van der Waals surface area contributed by atoms with Crippen molar-refractivity contribution in [1.82, 2.24) is 5.32 Å². The first-order chi connectivity index (χ1) is 11.7. The largest absolute Gasteiger partial charge is 0.393 e. The van der Waals surface area contributed by atoms with E-state index in [1.54, 1.807) is 0 Å². The molecule has 1 heterocycles. The number of carbonyl (C=O) groups is 1. The maximum Gasteiger partial charge on any atom is 0.239 e. The highest BCUT2D eigenvalue weighted by atomic mass is 16.3. The monoisotopic (exact) mass is 331 g/mol. The zero-order valence-corrected chi connectivity index (χ0v) is 14.3. The van der Waals surface area contributed by atoms with Gasteiger partial charge in [-0.3, -0.25) is 4.79 Å². The third kappa shape index (κ3) is 4.63. The highest BCUT2D eigenvalue weighted by Gasteiger charge is 2.20. The van der Waals surface area contributed by atoms with Crippen molar-refractivity contribution in [2.75, 3.05) is 29.9 Å². The molecule has 1 aromatic rings. The van der Waals surface area contributed by atoms with E-state index in [-0.39, 0.29) is 12.0 Å². The number of hydrogen-bond acceptors (Lipinski definition) is 4. The van der Waals surface area contributed by atoms with Crippen LogP contribution in [0.15, 0.2) is 24.3 Å². The van der Waals surface area contributed by atoms with E-state index < -0.39 is 0 Å². The molecule has 2 aliphatic rings. The molecule has 3 rings (SSSR count). The molecular weight excluding hydrogens is 302 g/mol. The summed E-state index contributed by atoms with van der Waals surface area (Å²) in [5, 5.41) is 16.1. The van der Waals surface area contributed by atoms with Crippen molar-refractivity contribution in [3.63, 3.8) is 0 Å². The lowest BCUT2D eigenvalue weighted by Gasteiger charge is -2.33. The number of rotatable bonds is 5. The molecule has 1 saturated heterocycles. The SMILES string of the molecule is O=C(CNc1ccccc1N1CCC(O)CC1)NC1CCCCC1. The van der Waals surface area contributed by atoms with Crippen molar-refractivity contribution in [1.29, 1.82) is 0 Å². The van der Waals surface area contributed by atoms with Crippen LogP contribution in [0.5, 0.6) is 0 Å². The average Bonchev–Trinajstić information content (AvgIpc) is 2.62. The number of nitrogens with one attached hydrogen (secondary N) is 2. The minimum Gasteiger partial charge on any atom is -0.393 e. The number of aliphatic hydroxyl groups is 1. The third-order valence-electron chi connectivity index (χ3n) is 5.12. The molecule has 0 radical (unpaired) electrons. The fourth-order valence-electron chi connectivity index (χ4n) is 3.71. The van der Waals surface area contributed by atoms with Crippen molar-refractivity contribution < 1.29 is 9.90 Å². The van der Waals surface area contributed by atoms with Gasteiger partial charge in [-0.25, -0.2) is 0 Å². The Morgan fingerprint density at radius 2 is 1.79 bits per heavy atom. The molecule has 132 valence electrons. The summed E-state index contributed by atoms with van der Waals surface area (Å²) in [5.74, 6) is 0.0748. The fraction of sp³-hybridized carbons (Fsp3) is 0.632. The Morgan fingerprint density at radius 3 is 2.54 bits per heavy atom. The molecule has 1 aliphatic carbocycles. The van der Waals surface area contributed by atoms with Crippen LogP contribution in [0, 0.1) is 0 Å². The molecule has 2 fully saturated rings. The van der Waals surface area contributed by atoms with Gasteiger partial charge in [0.15, 0.2) is 0 Å². The summed E-state index contributed by atoms with van der Waals surface area (Å²) in [4.78, 5) is 14.5. The van der Waals surface area contributed by atoms with E-state index in [2.05, 4.69) is 21.6 Å². The second-order valence-corrected chi connectivity index (χ2v) is 6.99. The summed E-state index contributed by atoms with van der Waals surface area (Å²) in [5.41, 5.74) is 2.11. The van der Waals surface area contributed by atoms with Gasteiger partial charge in [0.25, 0.3) is 0 Å². The topological polar surface area (TPSA) is 64.6 Å². The van der Waals surface area contributed by atoms with E-state index in [0.717, 1.165) is 50.1 Å². The molecule has 0 spiro atoms. The first-order valence-corrected chi connectivity index (χ1v) is 9.27. The number of para-hydroxylation sites is 2. The van der Waals surface area contributed by atoms with Crippen LogP contribution in [0.2, 0.25) is 0 Å². The lowest BCUT2D eigenvalue weighted by atomic mass is 9.95. The molecule has 1 aliphatic heterocycles. The molecule has 24 heavy (non-hydrogen) atoms. The number of carbonyl (C=O) groups excluding carboxylic acids is 1. The van der Waals surface area contributed by atoms with Gasteiger partial charge >= 0.3 is 0 Å². The number of benzene rings is 1. The standard InChI is InChI=1S/C19H29N3O2/c23-16-10-12-22(13-11-16)18-9-5-4-8-17(18)20-14-19(24)21-15-6-2-1-3-7-15/h4-5,8-9,15-16,20,23H,1-3,6-7,10-14H2,(H,21,24). The van der Waals surface area contributed by atoms with Crippen LogP contribution in [0.4, 0.5) is 11.4 Å². The summed E-state index contributed by atoms with van der Waals surface area (Å²) < 4.78 is 0. The molecular formula is C19H29N3O2. The van der Waals surface area contributed by atoms with Gasteiger partial charge in [0, 0.05) is 19.1 Å². The minimum absolute atomic E-state index is 0.0748. The van der Waals surface area contributed by atoms with Gasteiger partial charge in [0.05, 0.1) is 24.0 Å². The van der Waals surface area contributed by atoms with Crippen molar-refractivity contribution >= 4 is 17.3 Å². The van der Waals surface area contributed by atoms with E-state index in [9.17, 15) is 9.90 Å². The molecule has 0 atom stereocenters. The number of piperidine rings is 1. The van der Waals surface area contributed by atoms with Crippen LogP contribution in [-0.2, 0) is 4.79 Å². The van der Waals surface area contributed by atoms with Crippen LogP contribution in [0.3, 0.4) is 0 Å². The lowest BCUT2D eigenvalue weighted by Crippen LogP contribution is -2.40. The van der Waals surface area contributed by atoms with E-state index in [1.165, 1.54) is 19.3 Å². The molecule has 5 nitrogen and oxygen atoms in total. The highest BCUT2D eigenvalue weighted by Crippen LogP contribution is 2.28. The highest BCUT2D eigenvalue weighted by molar-refractivity contribution is 5.83. The minimum atomic E-state index is -0.178. The van der Waals surface area contributed by atoms with Gasteiger partial charge < -0.3 is 20.6 Å². The van der Waals surface area contributed by atoms with E-state index in [1.807, 2.05) is 18.2 Å². The molecule has 3 N–H and O–H groups in total. The summed E-state index contributed by atoms with van der Waals surface area (Å²) in [6.07, 6.45) is 7.39. The fourth-order valence-corrected chi connectivity index (χ4v) is 3.71. The van der Waals surface area contributed by atoms with E-state index in [0.29, 0.717) is 12.6 Å². The van der Waals surface area contributed by atoms with Crippen molar-refractivity contribution in [3.8, 4) is 0 Å². The second-order valence-electron chi connectivity index (χ2n) is 6.99. The molecule has 0 aromatic heterocycles. The van der Waals surface area contributed by atoms with Gasteiger partial charge in [-0.2, -0.15) is 0 Å². The van der Waals surface area contributed by atoms with Gasteiger partial charge in [-0.05, 0) is 37.8 Å². The molecule has 5 heteroatoms.